The maximum atomic E-state index is 5.07. The summed E-state index contributed by atoms with van der Waals surface area (Å²) in [5.74, 6) is 1.51. The molecule has 2 aliphatic heterocycles. The van der Waals surface area contributed by atoms with Gasteiger partial charge in [-0.3, -0.25) is 5.10 Å². The number of hydrogen-bond acceptors (Lipinski definition) is 3. The fourth-order valence-corrected chi connectivity index (χ4v) is 10.2. The predicted molar refractivity (Wildman–Crippen MR) is 137 cm³/mol. The SMILES string of the molecule is Cc1[nH]nc2c1C1(C)C3CCCCCCC3C(C)(C)C2(C)N1SC1CCCCCCCC1. The van der Waals surface area contributed by atoms with Crippen molar-refractivity contribution in [3.63, 3.8) is 0 Å². The van der Waals surface area contributed by atoms with Crippen LogP contribution in [0.4, 0.5) is 0 Å². The van der Waals surface area contributed by atoms with Crippen molar-refractivity contribution in [2.75, 3.05) is 0 Å². The number of aryl methyl sites for hydroxylation is 1. The molecule has 0 aromatic carbocycles. The standard InChI is InChI=1S/C28H47N3S/c1-20-24-25(30-29-20)28(5)26(2,3)22-18-14-10-11-15-19-23(22)27(24,4)31(28)32-21-16-12-8-6-7-9-13-17-21/h21-23H,6-19H2,1-5H3,(H,29,30). The van der Waals surface area contributed by atoms with E-state index >= 15 is 0 Å². The lowest BCUT2D eigenvalue weighted by atomic mass is 9.54. The third-order valence-corrected chi connectivity index (χ3v) is 12.2. The Labute approximate surface area is 201 Å². The second-order valence-electron chi connectivity index (χ2n) is 12.4. The molecule has 180 valence electrons. The van der Waals surface area contributed by atoms with Crippen LogP contribution in [0.3, 0.4) is 0 Å². The zero-order chi connectivity index (χ0) is 22.6. The zero-order valence-corrected chi connectivity index (χ0v) is 22.3. The van der Waals surface area contributed by atoms with E-state index in [2.05, 4.69) is 56.0 Å². The number of nitrogens with one attached hydrogen (secondary N) is 1. The summed E-state index contributed by atoms with van der Waals surface area (Å²) >= 11 is 2.27. The van der Waals surface area contributed by atoms with Crippen molar-refractivity contribution in [2.45, 2.75) is 141 Å². The van der Waals surface area contributed by atoms with Gasteiger partial charge in [0.05, 0.1) is 16.8 Å². The fourth-order valence-electron chi connectivity index (χ4n) is 8.41. The number of aromatic amines is 1. The van der Waals surface area contributed by atoms with Gasteiger partial charge in [0.15, 0.2) is 0 Å². The molecule has 1 aromatic rings. The van der Waals surface area contributed by atoms with Crippen LogP contribution in [0.25, 0.3) is 0 Å². The molecule has 3 fully saturated rings. The lowest BCUT2D eigenvalue weighted by Crippen LogP contribution is -2.65. The summed E-state index contributed by atoms with van der Waals surface area (Å²) in [5.41, 5.74) is 4.58. The van der Waals surface area contributed by atoms with Gasteiger partial charge in [-0.1, -0.05) is 90.0 Å². The molecule has 3 heterocycles. The van der Waals surface area contributed by atoms with Crippen molar-refractivity contribution in [3.8, 4) is 0 Å². The summed E-state index contributed by atoms with van der Waals surface area (Å²) < 4.78 is 2.96. The first-order valence-electron chi connectivity index (χ1n) is 13.9. The van der Waals surface area contributed by atoms with E-state index in [4.69, 9.17) is 5.10 Å². The highest BCUT2D eigenvalue weighted by atomic mass is 32.2. The molecule has 1 aromatic heterocycles. The Morgan fingerprint density at radius 3 is 1.94 bits per heavy atom. The van der Waals surface area contributed by atoms with E-state index < -0.39 is 0 Å². The number of fused-ring (bicyclic) bond motifs is 7. The summed E-state index contributed by atoms with van der Waals surface area (Å²) in [6, 6.07) is 0. The second kappa shape index (κ2) is 8.63. The van der Waals surface area contributed by atoms with E-state index in [0.29, 0.717) is 0 Å². The third kappa shape index (κ3) is 3.28. The van der Waals surface area contributed by atoms with Gasteiger partial charge in [-0.15, -0.1) is 0 Å². The van der Waals surface area contributed by atoms with Crippen molar-refractivity contribution in [1.29, 1.82) is 0 Å². The number of nitrogens with zero attached hydrogens (tertiary/aromatic N) is 2. The molecule has 4 aliphatic rings. The van der Waals surface area contributed by atoms with Crippen molar-refractivity contribution in [3.05, 3.63) is 17.0 Å². The Morgan fingerprint density at radius 1 is 0.781 bits per heavy atom. The zero-order valence-electron chi connectivity index (χ0n) is 21.4. The molecule has 4 atom stereocenters. The number of rotatable bonds is 2. The van der Waals surface area contributed by atoms with E-state index in [1.165, 1.54) is 101 Å². The summed E-state index contributed by atoms with van der Waals surface area (Å²) in [6.07, 6.45) is 19.8. The first kappa shape index (κ1) is 23.3. The summed E-state index contributed by atoms with van der Waals surface area (Å²) in [6.45, 7) is 12.7. The van der Waals surface area contributed by atoms with Crippen molar-refractivity contribution in [2.24, 2.45) is 17.3 Å². The molecule has 5 rings (SSSR count). The lowest BCUT2D eigenvalue weighted by Gasteiger charge is -2.64. The van der Waals surface area contributed by atoms with Gasteiger partial charge in [0.1, 0.15) is 0 Å². The molecule has 1 saturated heterocycles. The van der Waals surface area contributed by atoms with Gasteiger partial charge in [-0.25, -0.2) is 4.31 Å². The van der Waals surface area contributed by atoms with Crippen LogP contribution < -0.4 is 0 Å². The highest BCUT2D eigenvalue weighted by molar-refractivity contribution is 7.97. The molecule has 32 heavy (non-hydrogen) atoms. The second-order valence-corrected chi connectivity index (χ2v) is 13.7. The van der Waals surface area contributed by atoms with Crippen LogP contribution in [0, 0.1) is 24.2 Å². The van der Waals surface area contributed by atoms with Crippen LogP contribution in [0.2, 0.25) is 0 Å². The van der Waals surface area contributed by atoms with Gasteiger partial charge >= 0.3 is 0 Å². The minimum atomic E-state index is -0.00863. The van der Waals surface area contributed by atoms with Gasteiger partial charge in [-0.2, -0.15) is 5.10 Å². The van der Waals surface area contributed by atoms with E-state index in [1.807, 2.05) is 0 Å². The van der Waals surface area contributed by atoms with Crippen LogP contribution in [0.15, 0.2) is 0 Å². The average Bonchev–Trinajstić information content (AvgIpc) is 3.24. The number of hydrogen-bond donors (Lipinski definition) is 1. The van der Waals surface area contributed by atoms with E-state index in [9.17, 15) is 0 Å². The number of H-pyrrole nitrogens is 1. The molecule has 0 amide bonds. The molecular formula is C28H47N3S. The van der Waals surface area contributed by atoms with Crippen molar-refractivity contribution < 1.29 is 0 Å². The van der Waals surface area contributed by atoms with Gasteiger partial charge in [0.2, 0.25) is 0 Å². The smallest absolute Gasteiger partial charge is 0.0890 e. The Balaban J connectivity index is 1.59. The Hall–Kier alpha value is -0.480. The average molecular weight is 458 g/mol. The van der Waals surface area contributed by atoms with Gasteiger partial charge in [-0.05, 0) is 63.7 Å². The number of piperidine rings is 1. The Bertz CT molecular complexity index is 806. The first-order valence-corrected chi connectivity index (χ1v) is 14.7. The molecule has 2 saturated carbocycles. The van der Waals surface area contributed by atoms with Gasteiger partial charge < -0.3 is 0 Å². The molecule has 4 unspecified atom stereocenters. The van der Waals surface area contributed by atoms with E-state index in [0.717, 1.165) is 17.1 Å². The fraction of sp³-hybridized carbons (Fsp3) is 0.893. The summed E-state index contributed by atoms with van der Waals surface area (Å²) in [7, 11) is 0. The van der Waals surface area contributed by atoms with Crippen LogP contribution >= 0.6 is 11.9 Å². The van der Waals surface area contributed by atoms with Crippen LogP contribution in [0.5, 0.6) is 0 Å². The van der Waals surface area contributed by atoms with Crippen molar-refractivity contribution in [1.82, 2.24) is 14.5 Å². The minimum Gasteiger partial charge on any atom is -0.282 e. The van der Waals surface area contributed by atoms with Crippen LogP contribution in [-0.2, 0) is 11.1 Å². The monoisotopic (exact) mass is 457 g/mol. The third-order valence-electron chi connectivity index (χ3n) is 10.5. The molecule has 0 radical (unpaired) electrons. The quantitative estimate of drug-likeness (QED) is 0.454. The summed E-state index contributed by atoms with van der Waals surface area (Å²) in [4.78, 5) is 0. The van der Waals surface area contributed by atoms with Gasteiger partial charge in [0, 0.05) is 16.5 Å². The molecule has 2 aliphatic carbocycles. The summed E-state index contributed by atoms with van der Waals surface area (Å²) in [5, 5.41) is 9.28. The van der Waals surface area contributed by atoms with Gasteiger partial charge in [0.25, 0.3) is 0 Å². The molecule has 4 heteroatoms. The highest BCUT2D eigenvalue weighted by Crippen LogP contribution is 2.72. The normalized spacial score (nSPS) is 38.7. The molecule has 0 spiro atoms. The lowest BCUT2D eigenvalue weighted by molar-refractivity contribution is -0.136. The van der Waals surface area contributed by atoms with E-state index in [1.54, 1.807) is 5.56 Å². The van der Waals surface area contributed by atoms with Crippen LogP contribution in [-0.4, -0.2) is 19.8 Å². The van der Waals surface area contributed by atoms with Crippen LogP contribution in [0.1, 0.15) is 135 Å². The molecule has 3 nitrogen and oxygen atoms in total. The maximum absolute atomic E-state index is 5.07. The van der Waals surface area contributed by atoms with E-state index in [-0.39, 0.29) is 16.5 Å². The first-order chi connectivity index (χ1) is 15.3. The number of aromatic nitrogens is 2. The minimum absolute atomic E-state index is 0.00863. The largest absolute Gasteiger partial charge is 0.282 e. The maximum Gasteiger partial charge on any atom is 0.0890 e. The molecule has 2 bridgehead atoms. The predicted octanol–water partition coefficient (Wildman–Crippen LogP) is 8.24. The topological polar surface area (TPSA) is 31.9 Å². The molecule has 1 N–H and O–H groups in total. The highest BCUT2D eigenvalue weighted by Gasteiger charge is 2.72. The Kier molecular flexibility index (Phi) is 6.27. The Morgan fingerprint density at radius 2 is 1.31 bits per heavy atom. The van der Waals surface area contributed by atoms with Crippen molar-refractivity contribution >= 4 is 11.9 Å². The molecular weight excluding hydrogens is 410 g/mol.